The third-order valence-electron chi connectivity index (χ3n) is 0.726. The lowest BCUT2D eigenvalue weighted by Gasteiger charge is -2.02. The van der Waals surface area contributed by atoms with Gasteiger partial charge in [-0.15, -0.1) is 0 Å². The topological polar surface area (TPSA) is 30.7 Å². The minimum atomic E-state index is -0.162. The van der Waals surface area contributed by atoms with Gasteiger partial charge >= 0.3 is 5.97 Å². The van der Waals surface area contributed by atoms with Crippen LogP contribution >= 0.6 is 0 Å². The maximum Gasteiger partial charge on any atom is 0.361 e. The summed E-state index contributed by atoms with van der Waals surface area (Å²) < 4.78 is 4.40. The molecule has 0 aromatic heterocycles. The summed E-state index contributed by atoms with van der Waals surface area (Å²) >= 11 is 0. The summed E-state index contributed by atoms with van der Waals surface area (Å²) in [5, 5.41) is 0. The van der Waals surface area contributed by atoms with E-state index in [1.54, 1.807) is 0 Å². The number of ether oxygens (including phenoxy) is 1. The van der Waals surface area contributed by atoms with Crippen molar-refractivity contribution in [2.75, 3.05) is 27.7 Å². The number of nitrogens with one attached hydrogen (secondary N) is 1. The predicted molar refractivity (Wildman–Crippen MR) is 29.7 cm³/mol. The van der Waals surface area contributed by atoms with E-state index in [0.29, 0.717) is 6.54 Å². The van der Waals surface area contributed by atoms with Crippen LogP contribution in [0.2, 0.25) is 0 Å². The van der Waals surface area contributed by atoms with Crippen molar-refractivity contribution in [3.05, 3.63) is 0 Å². The van der Waals surface area contributed by atoms with Gasteiger partial charge in [0.25, 0.3) is 0 Å². The Morgan fingerprint density at radius 2 is 2.12 bits per heavy atom. The molecule has 0 saturated heterocycles. The molecule has 0 aromatic carbocycles. The average Bonchev–Trinajstić information content (AvgIpc) is 1.65. The lowest BCUT2D eigenvalue weighted by molar-refractivity contribution is -0.850. The Morgan fingerprint density at radius 1 is 1.62 bits per heavy atom. The van der Waals surface area contributed by atoms with E-state index in [4.69, 9.17) is 0 Å². The largest absolute Gasteiger partial charge is 0.465 e. The molecule has 0 heterocycles. The summed E-state index contributed by atoms with van der Waals surface area (Å²) in [5.41, 5.74) is 0. The van der Waals surface area contributed by atoms with Crippen molar-refractivity contribution in [3.8, 4) is 0 Å². The standard InChI is InChI=1S/C5H11NO2/c1-6(2)4-5(7)8-3/h4H2,1-3H3/p+1. The zero-order chi connectivity index (χ0) is 6.57. The Morgan fingerprint density at radius 3 is 2.25 bits per heavy atom. The van der Waals surface area contributed by atoms with Crippen LogP contribution in [-0.4, -0.2) is 33.7 Å². The summed E-state index contributed by atoms with van der Waals surface area (Å²) in [5.74, 6) is -0.162. The first-order valence-electron chi connectivity index (χ1n) is 2.52. The second-order valence-electron chi connectivity index (χ2n) is 1.96. The number of hydrogen-bond donors (Lipinski definition) is 1. The van der Waals surface area contributed by atoms with Crippen LogP contribution < -0.4 is 4.90 Å². The molecule has 0 bridgehead atoms. The number of esters is 1. The number of carbonyl (C=O) groups excluding carboxylic acids is 1. The second kappa shape index (κ2) is 3.43. The molecular formula is C5H12NO2+. The highest BCUT2D eigenvalue weighted by Crippen LogP contribution is 1.61. The van der Waals surface area contributed by atoms with E-state index in [-0.39, 0.29) is 5.97 Å². The van der Waals surface area contributed by atoms with Crippen LogP contribution in [0.4, 0.5) is 0 Å². The molecule has 0 amide bonds. The number of carbonyl (C=O) groups is 1. The molecule has 3 nitrogen and oxygen atoms in total. The Balaban J connectivity index is 3.25. The van der Waals surface area contributed by atoms with Crippen LogP contribution in [0.25, 0.3) is 0 Å². The minimum Gasteiger partial charge on any atom is -0.465 e. The Bertz CT molecular complexity index is 80.5. The fourth-order valence-corrected chi connectivity index (χ4v) is 0.361. The number of likely N-dealkylation sites (N-methyl/N-ethyl adjacent to an activating group) is 1. The first-order chi connectivity index (χ1) is 3.66. The van der Waals surface area contributed by atoms with E-state index in [1.165, 1.54) is 7.11 Å². The van der Waals surface area contributed by atoms with E-state index in [0.717, 1.165) is 4.90 Å². The molecule has 48 valence electrons. The first-order valence-corrected chi connectivity index (χ1v) is 2.52. The van der Waals surface area contributed by atoms with Crippen molar-refractivity contribution < 1.29 is 14.4 Å². The summed E-state index contributed by atoms with van der Waals surface area (Å²) in [6, 6.07) is 0. The molecule has 0 aliphatic carbocycles. The van der Waals surface area contributed by atoms with Crippen LogP contribution in [0.1, 0.15) is 0 Å². The van der Waals surface area contributed by atoms with Gasteiger partial charge in [0, 0.05) is 0 Å². The molecule has 3 heteroatoms. The maximum atomic E-state index is 10.4. The molecule has 0 aromatic rings. The Hall–Kier alpha value is -0.570. The highest BCUT2D eigenvalue weighted by molar-refractivity contribution is 5.69. The summed E-state index contributed by atoms with van der Waals surface area (Å²) in [4.78, 5) is 11.5. The van der Waals surface area contributed by atoms with Gasteiger partial charge in [-0.25, -0.2) is 4.79 Å². The third kappa shape index (κ3) is 3.61. The van der Waals surface area contributed by atoms with E-state index in [9.17, 15) is 4.79 Å². The summed E-state index contributed by atoms with van der Waals surface area (Å²) in [6.07, 6.45) is 0. The van der Waals surface area contributed by atoms with Gasteiger partial charge in [-0.1, -0.05) is 0 Å². The zero-order valence-electron chi connectivity index (χ0n) is 5.52. The molecule has 0 radical (unpaired) electrons. The highest BCUT2D eigenvalue weighted by atomic mass is 16.5. The molecule has 0 aliphatic heterocycles. The number of hydrogen-bond acceptors (Lipinski definition) is 2. The molecule has 0 spiro atoms. The van der Waals surface area contributed by atoms with Gasteiger partial charge < -0.3 is 9.64 Å². The molecule has 8 heavy (non-hydrogen) atoms. The van der Waals surface area contributed by atoms with Gasteiger partial charge in [0.05, 0.1) is 21.2 Å². The second-order valence-corrected chi connectivity index (χ2v) is 1.96. The van der Waals surface area contributed by atoms with E-state index in [2.05, 4.69) is 4.74 Å². The van der Waals surface area contributed by atoms with Crippen molar-refractivity contribution in [1.82, 2.24) is 0 Å². The smallest absolute Gasteiger partial charge is 0.361 e. The van der Waals surface area contributed by atoms with Gasteiger partial charge in [0.1, 0.15) is 0 Å². The van der Waals surface area contributed by atoms with Gasteiger partial charge in [0.15, 0.2) is 6.54 Å². The van der Waals surface area contributed by atoms with Crippen molar-refractivity contribution in [2.24, 2.45) is 0 Å². The third-order valence-corrected chi connectivity index (χ3v) is 0.726. The fourth-order valence-electron chi connectivity index (χ4n) is 0.361. The van der Waals surface area contributed by atoms with Crippen molar-refractivity contribution in [3.63, 3.8) is 0 Å². The Labute approximate surface area is 49.2 Å². The highest BCUT2D eigenvalue weighted by Gasteiger charge is 2.02. The van der Waals surface area contributed by atoms with Crippen LogP contribution in [0.3, 0.4) is 0 Å². The van der Waals surface area contributed by atoms with E-state index in [1.807, 2.05) is 14.1 Å². The SMILES string of the molecule is COC(=O)C[NH+](C)C. The number of methoxy groups -OCH3 is 1. The van der Waals surface area contributed by atoms with Gasteiger partial charge in [-0.2, -0.15) is 0 Å². The van der Waals surface area contributed by atoms with Crippen LogP contribution in [0.15, 0.2) is 0 Å². The molecule has 0 rings (SSSR count). The monoisotopic (exact) mass is 118 g/mol. The van der Waals surface area contributed by atoms with E-state index >= 15 is 0 Å². The molecular weight excluding hydrogens is 106 g/mol. The quantitative estimate of drug-likeness (QED) is 0.438. The summed E-state index contributed by atoms with van der Waals surface area (Å²) in [6.45, 7) is 0.441. The van der Waals surface area contributed by atoms with Crippen LogP contribution in [-0.2, 0) is 9.53 Å². The number of quaternary nitrogens is 1. The molecule has 0 aliphatic rings. The minimum absolute atomic E-state index is 0.162. The molecule has 0 fully saturated rings. The predicted octanol–water partition coefficient (Wildman–Crippen LogP) is -1.70. The zero-order valence-corrected chi connectivity index (χ0v) is 5.52. The van der Waals surface area contributed by atoms with Gasteiger partial charge in [0.2, 0.25) is 0 Å². The normalized spacial score (nSPS) is 9.50. The molecule has 0 atom stereocenters. The Kier molecular flexibility index (Phi) is 3.19. The molecule has 0 unspecified atom stereocenters. The lowest BCUT2D eigenvalue weighted by atomic mass is 10.6. The van der Waals surface area contributed by atoms with E-state index < -0.39 is 0 Å². The van der Waals surface area contributed by atoms with Crippen molar-refractivity contribution in [2.45, 2.75) is 0 Å². The molecule has 0 saturated carbocycles. The van der Waals surface area contributed by atoms with Gasteiger partial charge in [-0.05, 0) is 0 Å². The number of rotatable bonds is 2. The lowest BCUT2D eigenvalue weighted by Crippen LogP contribution is -3.06. The van der Waals surface area contributed by atoms with Gasteiger partial charge in [-0.3, -0.25) is 0 Å². The fraction of sp³-hybridized carbons (Fsp3) is 0.800. The summed E-state index contributed by atoms with van der Waals surface area (Å²) in [7, 11) is 5.19. The van der Waals surface area contributed by atoms with Crippen molar-refractivity contribution >= 4 is 5.97 Å². The van der Waals surface area contributed by atoms with Crippen molar-refractivity contribution in [1.29, 1.82) is 0 Å². The van der Waals surface area contributed by atoms with Crippen LogP contribution in [0, 0.1) is 0 Å². The first kappa shape index (κ1) is 7.43. The maximum absolute atomic E-state index is 10.4. The average molecular weight is 118 g/mol. The van der Waals surface area contributed by atoms with Crippen LogP contribution in [0.5, 0.6) is 0 Å². The molecule has 1 N–H and O–H groups in total.